The molecule has 0 bridgehead atoms. The van der Waals surface area contributed by atoms with Gasteiger partial charge in [0, 0.05) is 42.6 Å². The van der Waals surface area contributed by atoms with E-state index in [0.29, 0.717) is 54.3 Å². The predicted molar refractivity (Wildman–Crippen MR) is 159 cm³/mol. The second kappa shape index (κ2) is 12.8. The molecule has 2 fully saturated rings. The Morgan fingerprint density at radius 1 is 1.17 bits per heavy atom. The Bertz CT molecular complexity index is 1460. The third kappa shape index (κ3) is 7.19. The fourth-order valence-corrected chi connectivity index (χ4v) is 7.46. The molecule has 0 aromatic carbocycles. The lowest BCUT2D eigenvalue weighted by Crippen LogP contribution is -2.49. The molecule has 4 heterocycles. The van der Waals surface area contributed by atoms with Crippen molar-refractivity contribution in [2.24, 2.45) is 0 Å². The largest absolute Gasteiger partial charge is 0.477 e. The average molecular weight is 600 g/mol. The summed E-state index contributed by atoms with van der Waals surface area (Å²) in [5.74, 6) is 0.00135. The van der Waals surface area contributed by atoms with Crippen LogP contribution in [-0.4, -0.2) is 76.2 Å². The summed E-state index contributed by atoms with van der Waals surface area (Å²) in [5.41, 5.74) is 1.85. The van der Waals surface area contributed by atoms with Gasteiger partial charge in [0.1, 0.15) is 5.69 Å². The number of thiazole rings is 1. The molecule has 1 saturated carbocycles. The van der Waals surface area contributed by atoms with Crippen molar-refractivity contribution in [2.45, 2.75) is 76.1 Å². The molecule has 0 radical (unpaired) electrons. The molecule has 2 N–H and O–H groups in total. The molecule has 41 heavy (non-hydrogen) atoms. The molecule has 3 aromatic heterocycles. The maximum absolute atomic E-state index is 13.3. The summed E-state index contributed by atoms with van der Waals surface area (Å²) in [6.07, 6.45) is 11.0. The van der Waals surface area contributed by atoms with Crippen LogP contribution in [0.4, 0.5) is 5.69 Å². The van der Waals surface area contributed by atoms with E-state index in [-0.39, 0.29) is 23.1 Å². The number of piperidine rings is 1. The summed E-state index contributed by atoms with van der Waals surface area (Å²) < 4.78 is 33.4. The first-order chi connectivity index (χ1) is 19.7. The summed E-state index contributed by atoms with van der Waals surface area (Å²) in [7, 11) is -3.40. The van der Waals surface area contributed by atoms with Gasteiger partial charge in [-0.25, -0.2) is 18.4 Å². The SMILES string of the molecule is CCOc1cncc(-c2cnc(C(=O)NC[C@H](c3cc(NS(=O)(=O)C4CC4)ccn3)[C@@H]3CCCCN3C(C)C)s2)n1. The van der Waals surface area contributed by atoms with Crippen molar-refractivity contribution >= 4 is 33.0 Å². The number of carbonyl (C=O) groups is 1. The molecule has 11 nitrogen and oxygen atoms in total. The normalized spacial score (nSPS) is 18.7. The number of carbonyl (C=O) groups excluding carboxylic acids is 1. The molecule has 1 aliphatic heterocycles. The summed E-state index contributed by atoms with van der Waals surface area (Å²) in [4.78, 5) is 34.1. The lowest BCUT2D eigenvalue weighted by atomic mass is 9.86. The number of aromatic nitrogens is 4. The number of nitrogens with zero attached hydrogens (tertiary/aromatic N) is 5. The van der Waals surface area contributed by atoms with Gasteiger partial charge in [0.05, 0.1) is 34.8 Å². The van der Waals surface area contributed by atoms with Gasteiger partial charge in [0.2, 0.25) is 15.9 Å². The van der Waals surface area contributed by atoms with Crippen LogP contribution in [0, 0.1) is 0 Å². The Kier molecular flexibility index (Phi) is 9.15. The highest BCUT2D eigenvalue weighted by Crippen LogP contribution is 2.34. The first kappa shape index (κ1) is 29.3. The molecule has 1 saturated heterocycles. The molecule has 13 heteroatoms. The lowest BCUT2D eigenvalue weighted by molar-refractivity contribution is 0.0842. The molecule has 2 atom stereocenters. The van der Waals surface area contributed by atoms with E-state index in [2.05, 4.69) is 48.7 Å². The average Bonchev–Trinajstić information content (AvgIpc) is 3.71. The molecule has 0 unspecified atom stereocenters. The minimum absolute atomic E-state index is 0.139. The Hall–Kier alpha value is -3.16. The molecule has 0 spiro atoms. The van der Waals surface area contributed by atoms with Crippen LogP contribution in [0.3, 0.4) is 0 Å². The number of ether oxygens (including phenoxy) is 1. The Balaban J connectivity index is 1.35. The zero-order valence-electron chi connectivity index (χ0n) is 23.6. The van der Waals surface area contributed by atoms with Crippen LogP contribution in [0.25, 0.3) is 10.6 Å². The van der Waals surface area contributed by atoms with Crippen molar-refractivity contribution < 1.29 is 17.9 Å². The fraction of sp³-hybridized carbons (Fsp3) is 0.536. The molecule has 2 aliphatic rings. The molecule has 1 aliphatic carbocycles. The van der Waals surface area contributed by atoms with E-state index >= 15 is 0 Å². The Morgan fingerprint density at radius 2 is 2.00 bits per heavy atom. The van der Waals surface area contributed by atoms with E-state index in [1.165, 1.54) is 11.3 Å². The summed E-state index contributed by atoms with van der Waals surface area (Å²) in [6.45, 7) is 8.04. The van der Waals surface area contributed by atoms with Crippen molar-refractivity contribution in [3.05, 3.63) is 47.6 Å². The standard InChI is InChI=1S/C28H37N7O4S2/c1-4-39-26-17-29-15-23(33-26)25-16-32-28(40-25)27(36)31-14-21(24-7-5-6-12-35(24)18(2)3)22-13-19(10-11-30-22)34-41(37,38)20-8-9-20/h10-11,13,15-18,20-21,24H,4-9,12,14H2,1-3H3,(H,30,34)(H,31,36)/t21-,24+/m1/s1. The number of hydrogen-bond donors (Lipinski definition) is 2. The monoisotopic (exact) mass is 599 g/mol. The Morgan fingerprint density at radius 3 is 2.76 bits per heavy atom. The summed E-state index contributed by atoms with van der Waals surface area (Å²) in [6, 6.07) is 3.97. The number of hydrogen-bond acceptors (Lipinski definition) is 10. The molecule has 1 amide bonds. The molecule has 5 rings (SSSR count). The van der Waals surface area contributed by atoms with Crippen molar-refractivity contribution in [3.63, 3.8) is 0 Å². The van der Waals surface area contributed by atoms with Gasteiger partial charge in [-0.2, -0.15) is 0 Å². The lowest BCUT2D eigenvalue weighted by Gasteiger charge is -2.42. The van der Waals surface area contributed by atoms with Gasteiger partial charge in [-0.15, -0.1) is 11.3 Å². The van der Waals surface area contributed by atoms with E-state index in [0.717, 1.165) is 36.4 Å². The highest BCUT2D eigenvalue weighted by molar-refractivity contribution is 7.93. The second-order valence-corrected chi connectivity index (χ2v) is 13.7. The van der Waals surface area contributed by atoms with Crippen molar-refractivity contribution in [1.82, 2.24) is 30.2 Å². The van der Waals surface area contributed by atoms with Crippen LogP contribution in [0.1, 0.15) is 74.3 Å². The van der Waals surface area contributed by atoms with Crippen LogP contribution in [0.2, 0.25) is 0 Å². The number of anilines is 1. The summed E-state index contributed by atoms with van der Waals surface area (Å²) in [5, 5.41) is 3.09. The molecule has 3 aromatic rings. The fourth-order valence-electron chi connectivity index (χ4n) is 5.29. The summed E-state index contributed by atoms with van der Waals surface area (Å²) >= 11 is 1.24. The first-order valence-corrected chi connectivity index (χ1v) is 16.5. The van der Waals surface area contributed by atoms with Gasteiger partial charge in [0.25, 0.3) is 5.91 Å². The minimum atomic E-state index is -3.40. The third-order valence-corrected chi connectivity index (χ3v) is 10.3. The third-order valence-electron chi connectivity index (χ3n) is 7.44. The number of nitrogens with one attached hydrogen (secondary N) is 2. The van der Waals surface area contributed by atoms with Crippen LogP contribution in [0.15, 0.2) is 36.9 Å². The van der Waals surface area contributed by atoms with Crippen LogP contribution in [0.5, 0.6) is 5.88 Å². The van der Waals surface area contributed by atoms with Crippen molar-refractivity contribution in [3.8, 4) is 16.5 Å². The quantitative estimate of drug-likeness (QED) is 0.315. The van der Waals surface area contributed by atoms with Crippen LogP contribution < -0.4 is 14.8 Å². The number of rotatable bonds is 12. The molecular formula is C28H37N7O4S2. The van der Waals surface area contributed by atoms with Gasteiger partial charge in [-0.1, -0.05) is 6.42 Å². The van der Waals surface area contributed by atoms with Gasteiger partial charge < -0.3 is 10.1 Å². The number of amides is 1. The number of likely N-dealkylation sites (tertiary alicyclic amines) is 1. The molecule has 220 valence electrons. The van der Waals surface area contributed by atoms with Crippen LogP contribution in [-0.2, 0) is 10.0 Å². The second-order valence-electron chi connectivity index (χ2n) is 10.7. The maximum Gasteiger partial charge on any atom is 0.280 e. The highest BCUT2D eigenvalue weighted by Gasteiger charge is 2.37. The number of pyridine rings is 1. The van der Waals surface area contributed by atoms with Crippen molar-refractivity contribution in [1.29, 1.82) is 0 Å². The van der Waals surface area contributed by atoms with E-state index in [1.54, 1.807) is 30.9 Å². The van der Waals surface area contributed by atoms with Gasteiger partial charge in [-0.05, 0) is 65.1 Å². The van der Waals surface area contributed by atoms with E-state index < -0.39 is 10.0 Å². The van der Waals surface area contributed by atoms with Crippen LogP contribution >= 0.6 is 11.3 Å². The number of sulfonamides is 1. The molecular weight excluding hydrogens is 562 g/mol. The minimum Gasteiger partial charge on any atom is -0.477 e. The smallest absolute Gasteiger partial charge is 0.280 e. The first-order valence-electron chi connectivity index (χ1n) is 14.2. The zero-order valence-corrected chi connectivity index (χ0v) is 25.2. The predicted octanol–water partition coefficient (Wildman–Crippen LogP) is 4.07. The zero-order chi connectivity index (χ0) is 29.0. The topological polar surface area (TPSA) is 139 Å². The van der Waals surface area contributed by atoms with Gasteiger partial charge in [0.15, 0.2) is 5.01 Å². The van der Waals surface area contributed by atoms with E-state index in [1.807, 2.05) is 13.0 Å². The van der Waals surface area contributed by atoms with Gasteiger partial charge >= 0.3 is 0 Å². The maximum atomic E-state index is 13.3. The van der Waals surface area contributed by atoms with E-state index in [4.69, 9.17) is 4.74 Å². The Labute approximate surface area is 245 Å². The van der Waals surface area contributed by atoms with E-state index in [9.17, 15) is 13.2 Å². The van der Waals surface area contributed by atoms with Gasteiger partial charge in [-0.3, -0.25) is 24.4 Å². The highest BCUT2D eigenvalue weighted by atomic mass is 32.2. The van der Waals surface area contributed by atoms with Crippen molar-refractivity contribution in [2.75, 3.05) is 24.4 Å².